The van der Waals surface area contributed by atoms with E-state index in [0.717, 1.165) is 11.0 Å². The van der Waals surface area contributed by atoms with Gasteiger partial charge in [0.15, 0.2) is 5.13 Å². The fourth-order valence-electron chi connectivity index (χ4n) is 2.08. The number of aromatic nitrogens is 1. The Bertz CT molecular complexity index is 452. The van der Waals surface area contributed by atoms with Crippen molar-refractivity contribution in [2.75, 3.05) is 11.9 Å². The first-order valence-electron chi connectivity index (χ1n) is 6.38. The summed E-state index contributed by atoms with van der Waals surface area (Å²) >= 11 is 1.29. The van der Waals surface area contributed by atoms with E-state index in [-0.39, 0.29) is 5.92 Å². The lowest BCUT2D eigenvalue weighted by Gasteiger charge is -2.23. The number of hydrogen-bond donors (Lipinski definition) is 1. The topological polar surface area (TPSA) is 53.4 Å². The number of thiazole rings is 1. The smallest absolute Gasteiger partial charge is 0.347 e. The van der Waals surface area contributed by atoms with Gasteiger partial charge >= 0.3 is 5.97 Å². The van der Waals surface area contributed by atoms with Crippen LogP contribution in [0.2, 0.25) is 0 Å². The monoisotopic (exact) mass is 268 g/mol. The van der Waals surface area contributed by atoms with Crippen LogP contribution in [0.4, 0.5) is 5.13 Å². The van der Waals surface area contributed by atoms with Crippen LogP contribution in [0.3, 0.4) is 0 Å². The van der Waals surface area contributed by atoms with Crippen LogP contribution in [0.1, 0.15) is 54.9 Å². The summed E-state index contributed by atoms with van der Waals surface area (Å²) < 4.78 is 0. The highest BCUT2D eigenvalue weighted by atomic mass is 32.1. The molecule has 0 aliphatic heterocycles. The molecule has 1 unspecified atom stereocenters. The van der Waals surface area contributed by atoms with Crippen molar-refractivity contribution in [2.45, 2.75) is 45.6 Å². The van der Waals surface area contributed by atoms with E-state index in [9.17, 15) is 9.90 Å². The minimum Gasteiger partial charge on any atom is -0.477 e. The molecule has 1 aliphatic rings. The number of hydrogen-bond acceptors (Lipinski definition) is 4. The molecule has 1 saturated carbocycles. The maximum absolute atomic E-state index is 11.2. The van der Waals surface area contributed by atoms with Crippen LogP contribution >= 0.6 is 11.3 Å². The second-order valence-corrected chi connectivity index (χ2v) is 6.34. The van der Waals surface area contributed by atoms with Crippen molar-refractivity contribution in [3.05, 3.63) is 10.6 Å². The SMILES string of the molecule is CC(C)c1nc(N(C)C(C)C2CC2)sc1C(=O)O. The second-order valence-electron chi connectivity index (χ2n) is 5.36. The van der Waals surface area contributed by atoms with E-state index >= 15 is 0 Å². The molecule has 1 heterocycles. The minimum atomic E-state index is -0.866. The Morgan fingerprint density at radius 1 is 1.44 bits per heavy atom. The first kappa shape index (κ1) is 13.3. The Balaban J connectivity index is 2.27. The highest BCUT2D eigenvalue weighted by Crippen LogP contribution is 2.38. The van der Waals surface area contributed by atoms with Gasteiger partial charge in [0.25, 0.3) is 0 Å². The molecule has 4 nitrogen and oxygen atoms in total. The number of nitrogens with zero attached hydrogens (tertiary/aromatic N) is 2. The molecule has 1 atom stereocenters. The number of carboxylic acid groups (broad SMARTS) is 1. The highest BCUT2D eigenvalue weighted by molar-refractivity contribution is 7.17. The van der Waals surface area contributed by atoms with Crippen molar-refractivity contribution in [3.8, 4) is 0 Å². The summed E-state index contributed by atoms with van der Waals surface area (Å²) in [6, 6.07) is 0.442. The van der Waals surface area contributed by atoms with Gasteiger partial charge in [-0.25, -0.2) is 9.78 Å². The molecule has 0 aromatic carbocycles. The lowest BCUT2D eigenvalue weighted by molar-refractivity contribution is 0.0700. The predicted molar refractivity (Wildman–Crippen MR) is 73.8 cm³/mol. The Hall–Kier alpha value is -1.10. The van der Waals surface area contributed by atoms with Gasteiger partial charge in [-0.3, -0.25) is 0 Å². The number of aromatic carboxylic acids is 1. The number of carboxylic acids is 1. The summed E-state index contributed by atoms with van der Waals surface area (Å²) in [6.45, 7) is 6.15. The van der Waals surface area contributed by atoms with E-state index in [1.54, 1.807) is 0 Å². The van der Waals surface area contributed by atoms with Gasteiger partial charge in [-0.1, -0.05) is 25.2 Å². The Kier molecular flexibility index (Phi) is 3.61. The van der Waals surface area contributed by atoms with Gasteiger partial charge in [0, 0.05) is 13.1 Å². The third-order valence-electron chi connectivity index (χ3n) is 3.60. The fourth-order valence-corrected chi connectivity index (χ4v) is 3.19. The molecular weight excluding hydrogens is 248 g/mol. The van der Waals surface area contributed by atoms with Crippen LogP contribution in [0.25, 0.3) is 0 Å². The summed E-state index contributed by atoms with van der Waals surface area (Å²) in [6.07, 6.45) is 2.55. The van der Waals surface area contributed by atoms with E-state index in [1.807, 2.05) is 20.9 Å². The molecule has 0 radical (unpaired) electrons. The summed E-state index contributed by atoms with van der Waals surface area (Å²) in [4.78, 5) is 18.3. The van der Waals surface area contributed by atoms with Crippen molar-refractivity contribution in [2.24, 2.45) is 5.92 Å². The lowest BCUT2D eigenvalue weighted by Crippen LogP contribution is -2.30. The minimum absolute atomic E-state index is 0.144. The Morgan fingerprint density at radius 2 is 2.06 bits per heavy atom. The highest BCUT2D eigenvalue weighted by Gasteiger charge is 2.32. The summed E-state index contributed by atoms with van der Waals surface area (Å²) in [5, 5.41) is 10.1. The van der Waals surface area contributed by atoms with Crippen LogP contribution in [-0.4, -0.2) is 29.1 Å². The summed E-state index contributed by atoms with van der Waals surface area (Å²) in [5.74, 6) is 0.0235. The molecule has 1 N–H and O–H groups in total. The molecule has 2 rings (SSSR count). The van der Waals surface area contributed by atoms with Gasteiger partial charge in [0.2, 0.25) is 0 Å². The van der Waals surface area contributed by atoms with Gasteiger partial charge < -0.3 is 10.0 Å². The zero-order valence-corrected chi connectivity index (χ0v) is 12.1. The molecular formula is C13H20N2O2S. The summed E-state index contributed by atoms with van der Waals surface area (Å²) in [5.41, 5.74) is 0.706. The lowest BCUT2D eigenvalue weighted by atomic mass is 10.1. The molecule has 0 saturated heterocycles. The first-order chi connectivity index (χ1) is 8.41. The van der Waals surface area contributed by atoms with E-state index < -0.39 is 5.97 Å². The molecule has 0 spiro atoms. The van der Waals surface area contributed by atoms with Crippen LogP contribution in [-0.2, 0) is 0 Å². The molecule has 0 amide bonds. The van der Waals surface area contributed by atoms with Crippen LogP contribution in [0.5, 0.6) is 0 Å². The molecule has 100 valence electrons. The van der Waals surface area contributed by atoms with Crippen LogP contribution in [0, 0.1) is 5.92 Å². The Morgan fingerprint density at radius 3 is 2.44 bits per heavy atom. The van der Waals surface area contributed by atoms with Crippen molar-refractivity contribution in [3.63, 3.8) is 0 Å². The standard InChI is InChI=1S/C13H20N2O2S/c1-7(2)10-11(12(16)17)18-13(14-10)15(4)8(3)9-5-6-9/h7-9H,5-6H2,1-4H3,(H,16,17). The molecule has 1 fully saturated rings. The summed E-state index contributed by atoms with van der Waals surface area (Å²) in [7, 11) is 2.01. The molecule has 1 aromatic heterocycles. The molecule has 5 heteroatoms. The molecule has 1 aromatic rings. The van der Waals surface area contributed by atoms with Gasteiger partial charge in [-0.05, 0) is 31.6 Å². The van der Waals surface area contributed by atoms with Gasteiger partial charge in [-0.2, -0.15) is 0 Å². The van der Waals surface area contributed by atoms with Crippen molar-refractivity contribution in [1.29, 1.82) is 0 Å². The van der Waals surface area contributed by atoms with Gasteiger partial charge in [-0.15, -0.1) is 0 Å². The third-order valence-corrected chi connectivity index (χ3v) is 4.75. The van der Waals surface area contributed by atoms with Crippen molar-refractivity contribution >= 4 is 22.4 Å². The quantitative estimate of drug-likeness (QED) is 0.891. The third kappa shape index (κ3) is 2.51. The van der Waals surface area contributed by atoms with E-state index in [4.69, 9.17) is 0 Å². The predicted octanol–water partition coefficient (Wildman–Crippen LogP) is 3.20. The van der Waals surface area contributed by atoms with Crippen molar-refractivity contribution < 1.29 is 9.90 Å². The molecule has 0 bridgehead atoms. The zero-order chi connectivity index (χ0) is 13.4. The molecule has 1 aliphatic carbocycles. The zero-order valence-electron chi connectivity index (χ0n) is 11.3. The fraction of sp³-hybridized carbons (Fsp3) is 0.692. The van der Waals surface area contributed by atoms with Crippen LogP contribution < -0.4 is 4.90 Å². The average Bonchev–Trinajstić information content (AvgIpc) is 3.04. The van der Waals surface area contributed by atoms with Gasteiger partial charge in [0.1, 0.15) is 4.88 Å². The van der Waals surface area contributed by atoms with Gasteiger partial charge in [0.05, 0.1) is 5.69 Å². The largest absolute Gasteiger partial charge is 0.477 e. The molecule has 18 heavy (non-hydrogen) atoms. The van der Waals surface area contributed by atoms with Crippen LogP contribution in [0.15, 0.2) is 0 Å². The maximum atomic E-state index is 11.2. The van der Waals surface area contributed by atoms with E-state index in [1.165, 1.54) is 24.2 Å². The average molecular weight is 268 g/mol. The number of carbonyl (C=O) groups is 1. The second kappa shape index (κ2) is 4.88. The Labute approximate surface area is 112 Å². The van der Waals surface area contributed by atoms with E-state index in [0.29, 0.717) is 16.6 Å². The number of rotatable bonds is 5. The maximum Gasteiger partial charge on any atom is 0.347 e. The number of anilines is 1. The normalized spacial score (nSPS) is 16.9. The van der Waals surface area contributed by atoms with Crippen molar-refractivity contribution in [1.82, 2.24) is 4.98 Å². The first-order valence-corrected chi connectivity index (χ1v) is 7.20. The van der Waals surface area contributed by atoms with E-state index in [2.05, 4.69) is 16.8 Å².